The van der Waals surface area contributed by atoms with Crippen molar-refractivity contribution < 1.29 is 9.18 Å². The Kier molecular flexibility index (Phi) is 5.26. The Morgan fingerprint density at radius 3 is 2.75 bits per heavy atom. The molecule has 5 nitrogen and oxygen atoms in total. The van der Waals surface area contributed by atoms with Crippen LogP contribution in [-0.2, 0) is 13.0 Å². The number of rotatable bonds is 2. The van der Waals surface area contributed by atoms with E-state index in [1.165, 1.54) is 12.1 Å². The fraction of sp³-hybridized carbons (Fsp3) is 0.286. The highest BCUT2D eigenvalue weighted by Gasteiger charge is 2.15. The highest BCUT2D eigenvalue weighted by Crippen LogP contribution is 2.21. The van der Waals surface area contributed by atoms with Crippen LogP contribution in [0.2, 0.25) is 0 Å². The molecule has 0 saturated heterocycles. The molecule has 4 rings (SSSR count). The first-order valence-corrected chi connectivity index (χ1v) is 10.1. The summed E-state index contributed by atoms with van der Waals surface area (Å²) in [4.78, 5) is 30.1. The van der Waals surface area contributed by atoms with E-state index in [9.17, 15) is 14.0 Å². The van der Waals surface area contributed by atoms with Crippen LogP contribution in [0.15, 0.2) is 45.7 Å². The number of benzene rings is 2. The minimum atomic E-state index is -0.527. The van der Waals surface area contributed by atoms with Crippen molar-refractivity contribution in [1.82, 2.24) is 9.55 Å². The fourth-order valence-electron chi connectivity index (χ4n) is 3.52. The number of hydrogen-bond donors (Lipinski definition) is 1. The molecule has 0 unspecified atom stereocenters. The Morgan fingerprint density at radius 1 is 1.11 bits per heavy atom. The van der Waals surface area contributed by atoms with Gasteiger partial charge in [0.05, 0.1) is 16.6 Å². The number of hydrogen-bond acceptors (Lipinski definition) is 3. The first-order chi connectivity index (χ1) is 13.5. The van der Waals surface area contributed by atoms with E-state index in [0.29, 0.717) is 27.5 Å². The van der Waals surface area contributed by atoms with Gasteiger partial charge in [-0.05, 0) is 49.2 Å². The van der Waals surface area contributed by atoms with Gasteiger partial charge in [-0.3, -0.25) is 14.2 Å². The summed E-state index contributed by atoms with van der Waals surface area (Å²) in [7, 11) is 0. The van der Waals surface area contributed by atoms with Gasteiger partial charge in [0.25, 0.3) is 11.5 Å². The van der Waals surface area contributed by atoms with Gasteiger partial charge in [-0.2, -0.15) is 0 Å². The predicted molar refractivity (Wildman–Crippen MR) is 110 cm³/mol. The average molecular weight is 444 g/mol. The predicted octanol–water partition coefficient (Wildman–Crippen LogP) is 4.67. The number of nitrogens with one attached hydrogen (secondary N) is 1. The Morgan fingerprint density at radius 2 is 1.93 bits per heavy atom. The fourth-order valence-corrected chi connectivity index (χ4v) is 3.85. The van der Waals surface area contributed by atoms with Crippen LogP contribution in [0.3, 0.4) is 0 Å². The molecule has 1 N–H and O–H groups in total. The van der Waals surface area contributed by atoms with Crippen LogP contribution in [0, 0.1) is 5.82 Å². The lowest BCUT2D eigenvalue weighted by molar-refractivity contribution is 0.102. The van der Waals surface area contributed by atoms with E-state index >= 15 is 0 Å². The van der Waals surface area contributed by atoms with Crippen LogP contribution < -0.4 is 10.9 Å². The maximum absolute atomic E-state index is 14.0. The summed E-state index contributed by atoms with van der Waals surface area (Å²) in [6.45, 7) is 0.683. The van der Waals surface area contributed by atoms with Crippen molar-refractivity contribution >= 4 is 38.4 Å². The molecule has 144 valence electrons. The van der Waals surface area contributed by atoms with Gasteiger partial charge in [0, 0.05) is 23.0 Å². The molecule has 28 heavy (non-hydrogen) atoms. The summed E-state index contributed by atoms with van der Waals surface area (Å²) >= 11 is 3.19. The summed E-state index contributed by atoms with van der Waals surface area (Å²) in [5, 5.41) is 3.06. The molecule has 1 aromatic heterocycles. The van der Waals surface area contributed by atoms with Gasteiger partial charge in [0.2, 0.25) is 0 Å². The molecule has 0 saturated carbocycles. The van der Waals surface area contributed by atoms with E-state index in [4.69, 9.17) is 0 Å². The molecular weight excluding hydrogens is 425 g/mol. The summed E-state index contributed by atoms with van der Waals surface area (Å²) in [6.07, 6.45) is 4.98. The number of carbonyl (C=O) groups is 1. The molecule has 0 fully saturated rings. The van der Waals surface area contributed by atoms with E-state index < -0.39 is 11.7 Å². The van der Waals surface area contributed by atoms with Crippen LogP contribution >= 0.6 is 15.9 Å². The molecular formula is C21H19BrFN3O2. The third-order valence-corrected chi connectivity index (χ3v) is 5.50. The van der Waals surface area contributed by atoms with E-state index in [0.717, 1.165) is 37.9 Å². The second-order valence-corrected chi connectivity index (χ2v) is 7.87. The molecule has 2 heterocycles. The molecule has 0 aliphatic carbocycles. The minimum absolute atomic E-state index is 0.0622. The van der Waals surface area contributed by atoms with Crippen LogP contribution in [0.1, 0.15) is 41.9 Å². The van der Waals surface area contributed by atoms with Gasteiger partial charge in [0.15, 0.2) is 0 Å². The van der Waals surface area contributed by atoms with Gasteiger partial charge in [-0.1, -0.05) is 28.8 Å². The number of anilines is 1. The standard InChI is InChI=1S/C21H19BrFN3O2/c22-14-7-9-17(16(23)12-14)25-20(27)13-6-8-15-18(11-13)24-19-5-3-1-2-4-10-26(19)21(15)28/h6-9,11-12H,1-5,10H2,(H,25,27). The molecule has 0 spiro atoms. The number of amides is 1. The van der Waals surface area contributed by atoms with Gasteiger partial charge in [0.1, 0.15) is 11.6 Å². The quantitative estimate of drug-likeness (QED) is 0.625. The average Bonchev–Trinajstić information content (AvgIpc) is 2.65. The van der Waals surface area contributed by atoms with E-state index in [2.05, 4.69) is 26.2 Å². The van der Waals surface area contributed by atoms with Crippen molar-refractivity contribution in [3.05, 3.63) is 68.4 Å². The highest BCUT2D eigenvalue weighted by molar-refractivity contribution is 9.10. The van der Waals surface area contributed by atoms with Crippen LogP contribution in [0.25, 0.3) is 10.9 Å². The monoisotopic (exact) mass is 443 g/mol. The lowest BCUT2D eigenvalue weighted by atomic mass is 10.1. The molecule has 0 bridgehead atoms. The molecule has 1 aliphatic heterocycles. The third-order valence-electron chi connectivity index (χ3n) is 5.01. The Bertz CT molecular complexity index is 1130. The first-order valence-electron chi connectivity index (χ1n) is 9.33. The van der Waals surface area contributed by atoms with Gasteiger partial charge >= 0.3 is 0 Å². The summed E-state index contributed by atoms with van der Waals surface area (Å²) in [5.41, 5.74) is 0.866. The Hall–Kier alpha value is -2.54. The SMILES string of the molecule is O=C(Nc1ccc(Br)cc1F)c1ccc2c(=O)n3c(nc2c1)CCCCCC3. The normalized spacial score (nSPS) is 14.2. The first kappa shape index (κ1) is 18.8. The largest absolute Gasteiger partial charge is 0.319 e. The zero-order valence-electron chi connectivity index (χ0n) is 15.2. The molecule has 2 aromatic carbocycles. The summed E-state index contributed by atoms with van der Waals surface area (Å²) < 4.78 is 16.3. The smallest absolute Gasteiger partial charge is 0.261 e. The second-order valence-electron chi connectivity index (χ2n) is 6.96. The zero-order valence-corrected chi connectivity index (χ0v) is 16.8. The van der Waals surface area contributed by atoms with Crippen LogP contribution in [-0.4, -0.2) is 15.5 Å². The van der Waals surface area contributed by atoms with Crippen LogP contribution in [0.5, 0.6) is 0 Å². The molecule has 7 heteroatoms. The number of nitrogens with zero attached hydrogens (tertiary/aromatic N) is 2. The Labute approximate surface area is 169 Å². The minimum Gasteiger partial charge on any atom is -0.319 e. The van der Waals surface area contributed by atoms with Crippen LogP contribution in [0.4, 0.5) is 10.1 Å². The number of aryl methyl sites for hydroxylation is 1. The van der Waals surface area contributed by atoms with Crippen molar-refractivity contribution in [2.45, 2.75) is 38.6 Å². The molecule has 0 radical (unpaired) electrons. The molecule has 1 amide bonds. The van der Waals surface area contributed by atoms with Crippen molar-refractivity contribution in [2.24, 2.45) is 0 Å². The van der Waals surface area contributed by atoms with Gasteiger partial charge in [-0.25, -0.2) is 9.37 Å². The van der Waals surface area contributed by atoms with E-state index in [1.54, 1.807) is 28.8 Å². The Balaban J connectivity index is 1.69. The number of carbonyl (C=O) groups excluding carboxylic acids is 1. The van der Waals surface area contributed by atoms with Crippen molar-refractivity contribution in [2.75, 3.05) is 5.32 Å². The van der Waals surface area contributed by atoms with Crippen molar-refractivity contribution in [3.8, 4) is 0 Å². The lowest BCUT2D eigenvalue weighted by Gasteiger charge is -2.16. The third kappa shape index (κ3) is 3.71. The topological polar surface area (TPSA) is 64.0 Å². The highest BCUT2D eigenvalue weighted by atomic mass is 79.9. The molecule has 0 atom stereocenters. The van der Waals surface area contributed by atoms with Crippen molar-refractivity contribution in [1.29, 1.82) is 0 Å². The van der Waals surface area contributed by atoms with Crippen molar-refractivity contribution in [3.63, 3.8) is 0 Å². The molecule has 1 aliphatic rings. The lowest BCUT2D eigenvalue weighted by Crippen LogP contribution is -2.26. The van der Waals surface area contributed by atoms with E-state index in [-0.39, 0.29) is 11.2 Å². The summed E-state index contributed by atoms with van der Waals surface area (Å²) in [5.74, 6) is -0.202. The number of halogens is 2. The summed E-state index contributed by atoms with van der Waals surface area (Å²) in [6, 6.07) is 9.24. The maximum atomic E-state index is 14.0. The van der Waals surface area contributed by atoms with Gasteiger partial charge < -0.3 is 5.32 Å². The maximum Gasteiger partial charge on any atom is 0.261 e. The molecule has 3 aromatic rings. The second kappa shape index (κ2) is 7.83. The van der Waals surface area contributed by atoms with Gasteiger partial charge in [-0.15, -0.1) is 0 Å². The van der Waals surface area contributed by atoms with E-state index in [1.807, 2.05) is 0 Å². The zero-order chi connectivity index (χ0) is 19.7. The number of aromatic nitrogens is 2. The number of fused-ring (bicyclic) bond motifs is 2.